The molecule has 3 aromatic rings. The number of hydrogen-bond donors (Lipinski definition) is 1. The second-order valence-electron chi connectivity index (χ2n) is 7.62. The monoisotopic (exact) mass is 473 g/mol. The topological polar surface area (TPSA) is 108 Å². The molecular weight excluding hydrogens is 446 g/mol. The first-order chi connectivity index (χ1) is 16.1. The molecule has 1 N–H and O–H groups in total. The van der Waals surface area contributed by atoms with E-state index in [9.17, 15) is 9.59 Å². The quantitative estimate of drug-likeness (QED) is 0.464. The molecule has 11 heteroatoms. The summed E-state index contributed by atoms with van der Waals surface area (Å²) in [6.07, 6.45) is 0.237. The van der Waals surface area contributed by atoms with E-state index in [2.05, 4.69) is 20.3 Å². The van der Waals surface area contributed by atoms with Crippen LogP contribution in [0.5, 0.6) is 5.75 Å². The first-order valence-electron chi connectivity index (χ1n) is 10.7. The highest BCUT2D eigenvalue weighted by molar-refractivity contribution is 7.07. The predicted molar refractivity (Wildman–Crippen MR) is 123 cm³/mol. The summed E-state index contributed by atoms with van der Waals surface area (Å²) in [5.41, 5.74) is 3.37. The lowest BCUT2D eigenvalue weighted by Crippen LogP contribution is -2.43. The third kappa shape index (κ3) is 5.32. The number of aromatic nitrogens is 3. The minimum atomic E-state index is -0.872. The molecule has 0 saturated carbocycles. The van der Waals surface area contributed by atoms with Crippen molar-refractivity contribution in [2.24, 2.45) is 0 Å². The number of para-hydroxylation sites is 1. The molecule has 33 heavy (non-hydrogen) atoms. The third-order valence-corrected chi connectivity index (χ3v) is 6.22. The Morgan fingerprint density at radius 3 is 2.76 bits per heavy atom. The van der Waals surface area contributed by atoms with Crippen LogP contribution in [0.15, 0.2) is 29.1 Å². The van der Waals surface area contributed by atoms with Crippen molar-refractivity contribution >= 4 is 34.1 Å². The van der Waals surface area contributed by atoms with Crippen LogP contribution in [-0.2, 0) is 27.2 Å². The zero-order chi connectivity index (χ0) is 23.2. The number of methoxy groups -OCH3 is 2. The molecule has 0 spiro atoms. The maximum Gasteiger partial charge on any atom is 0.328 e. The molecule has 1 unspecified atom stereocenters. The van der Waals surface area contributed by atoms with Gasteiger partial charge >= 0.3 is 5.97 Å². The summed E-state index contributed by atoms with van der Waals surface area (Å²) in [5.74, 6) is -0.359. The Balaban J connectivity index is 1.60. The van der Waals surface area contributed by atoms with Gasteiger partial charge in [0, 0.05) is 36.8 Å². The van der Waals surface area contributed by atoms with E-state index in [1.807, 2.05) is 23.6 Å². The summed E-state index contributed by atoms with van der Waals surface area (Å²) < 4.78 is 17.7. The van der Waals surface area contributed by atoms with Gasteiger partial charge in [-0.1, -0.05) is 12.1 Å². The van der Waals surface area contributed by atoms with Crippen LogP contribution in [0.3, 0.4) is 0 Å². The van der Waals surface area contributed by atoms with Crippen molar-refractivity contribution in [1.82, 2.24) is 25.0 Å². The summed E-state index contributed by atoms with van der Waals surface area (Å²) in [6, 6.07) is 4.62. The van der Waals surface area contributed by atoms with Gasteiger partial charge < -0.3 is 19.5 Å². The van der Waals surface area contributed by atoms with Crippen LogP contribution >= 0.6 is 11.3 Å². The first kappa shape index (κ1) is 23.1. The van der Waals surface area contributed by atoms with Gasteiger partial charge in [-0.3, -0.25) is 14.4 Å². The number of ether oxygens (including phenoxy) is 3. The van der Waals surface area contributed by atoms with E-state index in [0.717, 1.165) is 25.2 Å². The molecule has 0 radical (unpaired) electrons. The van der Waals surface area contributed by atoms with E-state index in [-0.39, 0.29) is 12.1 Å². The second kappa shape index (κ2) is 10.7. The van der Waals surface area contributed by atoms with Crippen molar-refractivity contribution < 1.29 is 23.8 Å². The zero-order valence-corrected chi connectivity index (χ0v) is 19.5. The number of benzene rings is 1. The van der Waals surface area contributed by atoms with Crippen LogP contribution < -0.4 is 10.1 Å². The van der Waals surface area contributed by atoms with E-state index < -0.39 is 17.9 Å². The predicted octanol–water partition coefficient (Wildman–Crippen LogP) is 1.35. The van der Waals surface area contributed by atoms with Crippen molar-refractivity contribution in [1.29, 1.82) is 0 Å². The summed E-state index contributed by atoms with van der Waals surface area (Å²) in [5, 5.41) is 9.89. The Labute approximate surface area is 195 Å². The lowest BCUT2D eigenvalue weighted by Gasteiger charge is -2.26. The van der Waals surface area contributed by atoms with Crippen molar-refractivity contribution in [3.8, 4) is 5.75 Å². The van der Waals surface area contributed by atoms with Crippen molar-refractivity contribution in [2.45, 2.75) is 19.0 Å². The normalized spacial score (nSPS) is 15.3. The minimum absolute atomic E-state index is 0.234. The summed E-state index contributed by atoms with van der Waals surface area (Å²) >= 11 is 1.43. The van der Waals surface area contributed by atoms with Crippen LogP contribution in [0.2, 0.25) is 0 Å². The van der Waals surface area contributed by atoms with Crippen LogP contribution in [0, 0.1) is 0 Å². The van der Waals surface area contributed by atoms with Gasteiger partial charge in [0.05, 0.1) is 45.2 Å². The lowest BCUT2D eigenvalue weighted by molar-refractivity contribution is -0.142. The molecule has 1 aliphatic heterocycles. The molecule has 3 heterocycles. The Morgan fingerprint density at radius 2 is 2.06 bits per heavy atom. The van der Waals surface area contributed by atoms with Crippen molar-refractivity contribution in [3.05, 3.63) is 40.5 Å². The summed E-state index contributed by atoms with van der Waals surface area (Å²) in [6.45, 7) is 4.51. The molecule has 176 valence electrons. The van der Waals surface area contributed by atoms with Gasteiger partial charge in [0.1, 0.15) is 17.3 Å². The number of hydrogen-bond acceptors (Lipinski definition) is 9. The van der Waals surface area contributed by atoms with Crippen LogP contribution in [0.1, 0.15) is 16.2 Å². The maximum atomic E-state index is 13.3. The molecule has 1 saturated heterocycles. The number of amides is 1. The molecule has 0 aliphatic carbocycles. The molecule has 1 aliphatic rings. The van der Waals surface area contributed by atoms with Crippen LogP contribution in [-0.4, -0.2) is 84.7 Å². The molecule has 1 atom stereocenters. The molecule has 1 fully saturated rings. The van der Waals surface area contributed by atoms with Crippen molar-refractivity contribution in [2.75, 3.05) is 47.1 Å². The van der Waals surface area contributed by atoms with E-state index >= 15 is 0 Å². The standard InChI is InChI=1S/C22H27N5O5S/c1-30-18-5-3-4-16-19(25-27(20(16)18)7-6-26-8-10-32-11-9-26)21(28)24-17(22(29)31-2)12-15-13-33-14-23-15/h3-5,13-14,17H,6-12H2,1-2H3,(H,24,28). The number of nitrogens with zero attached hydrogens (tertiary/aromatic N) is 4. The zero-order valence-electron chi connectivity index (χ0n) is 18.7. The highest BCUT2D eigenvalue weighted by Crippen LogP contribution is 2.28. The maximum absolute atomic E-state index is 13.3. The Bertz CT molecular complexity index is 1090. The Kier molecular flexibility index (Phi) is 7.53. The van der Waals surface area contributed by atoms with Crippen molar-refractivity contribution in [3.63, 3.8) is 0 Å². The van der Waals surface area contributed by atoms with Crippen LogP contribution in [0.4, 0.5) is 0 Å². The largest absolute Gasteiger partial charge is 0.494 e. The smallest absolute Gasteiger partial charge is 0.328 e. The van der Waals surface area contributed by atoms with Gasteiger partial charge in [0.2, 0.25) is 0 Å². The number of carbonyl (C=O) groups is 2. The summed E-state index contributed by atoms with van der Waals surface area (Å²) in [7, 11) is 2.89. The second-order valence-corrected chi connectivity index (χ2v) is 8.33. The number of thiazole rings is 1. The highest BCUT2D eigenvalue weighted by atomic mass is 32.1. The number of morpholine rings is 1. The van der Waals surface area contributed by atoms with Gasteiger partial charge in [0.25, 0.3) is 5.91 Å². The number of carbonyl (C=O) groups excluding carboxylic acids is 2. The minimum Gasteiger partial charge on any atom is -0.494 e. The highest BCUT2D eigenvalue weighted by Gasteiger charge is 2.27. The molecule has 0 bridgehead atoms. The van der Waals surface area contributed by atoms with Gasteiger partial charge in [-0.15, -0.1) is 11.3 Å². The fourth-order valence-corrected chi connectivity index (χ4v) is 4.44. The van der Waals surface area contributed by atoms with Gasteiger partial charge in [-0.05, 0) is 6.07 Å². The summed E-state index contributed by atoms with van der Waals surface area (Å²) in [4.78, 5) is 32.1. The van der Waals surface area contributed by atoms with E-state index in [1.54, 1.807) is 17.3 Å². The molecule has 1 aromatic carbocycles. The molecule has 2 aromatic heterocycles. The number of fused-ring (bicyclic) bond motifs is 1. The number of rotatable bonds is 9. The fraction of sp³-hybridized carbons (Fsp3) is 0.455. The fourth-order valence-electron chi connectivity index (χ4n) is 3.87. The SMILES string of the molecule is COC(=O)C(Cc1cscn1)NC(=O)c1nn(CCN2CCOCC2)c2c(OC)cccc12. The Morgan fingerprint density at radius 1 is 1.24 bits per heavy atom. The third-order valence-electron chi connectivity index (χ3n) is 5.59. The Hall–Kier alpha value is -3.02. The average Bonchev–Trinajstić information content (AvgIpc) is 3.50. The van der Waals surface area contributed by atoms with E-state index in [0.29, 0.717) is 36.6 Å². The molecule has 4 rings (SSSR count). The van der Waals surface area contributed by atoms with Gasteiger partial charge in [-0.25, -0.2) is 9.78 Å². The lowest BCUT2D eigenvalue weighted by atomic mass is 10.1. The average molecular weight is 474 g/mol. The molecular formula is C22H27N5O5S. The molecule has 10 nitrogen and oxygen atoms in total. The van der Waals surface area contributed by atoms with E-state index in [1.165, 1.54) is 18.4 Å². The molecule has 1 amide bonds. The van der Waals surface area contributed by atoms with Gasteiger partial charge in [-0.2, -0.15) is 5.10 Å². The van der Waals surface area contributed by atoms with Gasteiger partial charge in [0.15, 0.2) is 5.69 Å². The number of esters is 1. The first-order valence-corrected chi connectivity index (χ1v) is 11.6. The van der Waals surface area contributed by atoms with E-state index in [4.69, 9.17) is 14.2 Å². The van der Waals surface area contributed by atoms with Crippen LogP contribution in [0.25, 0.3) is 10.9 Å². The number of nitrogens with one attached hydrogen (secondary N) is 1.